The van der Waals surface area contributed by atoms with Crippen molar-refractivity contribution in [2.24, 2.45) is 5.41 Å². The molecule has 0 heterocycles. The molecule has 0 aromatic rings. The molecule has 0 aliphatic rings. The van der Waals surface area contributed by atoms with Gasteiger partial charge in [-0.15, -0.1) is 0 Å². The fourth-order valence-electron chi connectivity index (χ4n) is 3.22. The Hall–Kier alpha value is -1.06. The summed E-state index contributed by atoms with van der Waals surface area (Å²) in [6, 6.07) is 0. The van der Waals surface area contributed by atoms with Gasteiger partial charge < -0.3 is 9.47 Å². The van der Waals surface area contributed by atoms with E-state index in [-0.39, 0.29) is 11.9 Å². The van der Waals surface area contributed by atoms with E-state index in [1.54, 1.807) is 13.8 Å². The van der Waals surface area contributed by atoms with E-state index >= 15 is 0 Å². The maximum Gasteiger partial charge on any atom is 0.323 e. The van der Waals surface area contributed by atoms with Crippen molar-refractivity contribution in [3.8, 4) is 0 Å². The first-order valence-corrected chi connectivity index (χ1v) is 12.3. The first kappa shape index (κ1) is 30.1. The van der Waals surface area contributed by atoms with Gasteiger partial charge in [-0.05, 0) is 26.7 Å². The highest BCUT2D eigenvalue weighted by Crippen LogP contribution is 2.35. The van der Waals surface area contributed by atoms with Crippen LogP contribution in [0.5, 0.6) is 0 Å². The average molecular weight is 415 g/mol. The summed E-state index contributed by atoms with van der Waals surface area (Å²) < 4.78 is 10.6. The van der Waals surface area contributed by atoms with Gasteiger partial charge in [-0.2, -0.15) is 0 Å². The van der Waals surface area contributed by atoms with Crippen LogP contribution in [0.4, 0.5) is 0 Å². The molecule has 0 saturated heterocycles. The third-order valence-electron chi connectivity index (χ3n) is 5.25. The Labute approximate surface area is 181 Å². The molecule has 0 atom stereocenters. The third-order valence-corrected chi connectivity index (χ3v) is 5.25. The second-order valence-electron chi connectivity index (χ2n) is 7.85. The summed E-state index contributed by atoms with van der Waals surface area (Å²) in [5, 5.41) is 0. The molecule has 0 bridgehead atoms. The molecule has 0 spiro atoms. The number of rotatable bonds is 17. The summed E-state index contributed by atoms with van der Waals surface area (Å²) in [4.78, 5) is 25.4. The van der Waals surface area contributed by atoms with E-state index < -0.39 is 5.41 Å². The standard InChI is InChI=1S/C21H40O4.C4H10/c1-5-9-11-13-15-17-21(19(22)24-7-3,20(23)25-8-4)18-16-14-12-10-6-2;1-3-4-2/h5-18H2,1-4H3;3-4H2,1-2H3. The van der Waals surface area contributed by atoms with Crippen LogP contribution in [0.2, 0.25) is 0 Å². The topological polar surface area (TPSA) is 52.6 Å². The minimum atomic E-state index is -1.11. The number of hydrogen-bond acceptors (Lipinski definition) is 4. The van der Waals surface area contributed by atoms with Crippen LogP contribution in [0, 0.1) is 5.41 Å². The molecule has 0 amide bonds. The van der Waals surface area contributed by atoms with E-state index in [4.69, 9.17) is 9.47 Å². The average Bonchev–Trinajstić information content (AvgIpc) is 2.72. The molecule has 0 rings (SSSR count). The zero-order chi connectivity index (χ0) is 22.4. The number of carbonyl (C=O) groups is 2. The Kier molecular flexibility index (Phi) is 22.5. The van der Waals surface area contributed by atoms with Crippen molar-refractivity contribution >= 4 is 11.9 Å². The third kappa shape index (κ3) is 14.5. The molecule has 0 N–H and O–H groups in total. The molecule has 0 radical (unpaired) electrons. The molecule has 29 heavy (non-hydrogen) atoms. The summed E-state index contributed by atoms with van der Waals surface area (Å²) in [6.45, 7) is 12.9. The molecule has 0 aliphatic heterocycles. The molecular formula is C25H50O4. The molecule has 0 unspecified atom stereocenters. The van der Waals surface area contributed by atoms with Gasteiger partial charge >= 0.3 is 11.9 Å². The number of carbonyl (C=O) groups excluding carboxylic acids is 2. The molecular weight excluding hydrogens is 364 g/mol. The number of hydrogen-bond donors (Lipinski definition) is 0. The number of unbranched alkanes of at least 4 members (excludes halogenated alkanes) is 9. The smallest absolute Gasteiger partial charge is 0.323 e. The van der Waals surface area contributed by atoms with Crippen LogP contribution in [-0.2, 0) is 19.1 Å². The van der Waals surface area contributed by atoms with Crippen molar-refractivity contribution in [2.45, 2.75) is 131 Å². The lowest BCUT2D eigenvalue weighted by atomic mass is 9.77. The minimum Gasteiger partial charge on any atom is -0.465 e. The maximum absolute atomic E-state index is 12.7. The lowest BCUT2D eigenvalue weighted by Gasteiger charge is -2.29. The van der Waals surface area contributed by atoms with E-state index in [0.29, 0.717) is 26.1 Å². The zero-order valence-corrected chi connectivity index (χ0v) is 20.4. The first-order chi connectivity index (χ1) is 14.0. The highest BCUT2D eigenvalue weighted by Gasteiger charge is 2.47. The van der Waals surface area contributed by atoms with Crippen LogP contribution in [0.25, 0.3) is 0 Å². The molecule has 0 fully saturated rings. The summed E-state index contributed by atoms with van der Waals surface area (Å²) in [6.07, 6.45) is 14.6. The molecule has 4 nitrogen and oxygen atoms in total. The molecule has 174 valence electrons. The van der Waals surface area contributed by atoms with Crippen LogP contribution in [0.15, 0.2) is 0 Å². The highest BCUT2D eigenvalue weighted by atomic mass is 16.6. The van der Waals surface area contributed by atoms with Gasteiger partial charge in [0, 0.05) is 0 Å². The highest BCUT2D eigenvalue weighted by molar-refractivity contribution is 6.00. The molecule has 0 saturated carbocycles. The largest absolute Gasteiger partial charge is 0.465 e. The summed E-state index contributed by atoms with van der Waals surface area (Å²) >= 11 is 0. The molecule has 0 aliphatic carbocycles. The van der Waals surface area contributed by atoms with Crippen molar-refractivity contribution in [3.05, 3.63) is 0 Å². The van der Waals surface area contributed by atoms with E-state index in [2.05, 4.69) is 27.7 Å². The lowest BCUT2D eigenvalue weighted by molar-refractivity contribution is -0.173. The monoisotopic (exact) mass is 414 g/mol. The van der Waals surface area contributed by atoms with Crippen LogP contribution in [0.1, 0.15) is 131 Å². The van der Waals surface area contributed by atoms with Crippen molar-refractivity contribution in [1.29, 1.82) is 0 Å². The molecule has 0 aromatic heterocycles. The zero-order valence-electron chi connectivity index (χ0n) is 20.4. The van der Waals surface area contributed by atoms with Crippen LogP contribution >= 0.6 is 0 Å². The number of esters is 2. The van der Waals surface area contributed by atoms with Gasteiger partial charge in [0.1, 0.15) is 0 Å². The van der Waals surface area contributed by atoms with E-state index in [1.165, 1.54) is 38.5 Å². The van der Waals surface area contributed by atoms with E-state index in [1.807, 2.05) is 0 Å². The van der Waals surface area contributed by atoms with Gasteiger partial charge in [0.15, 0.2) is 5.41 Å². The number of ether oxygens (including phenoxy) is 2. The summed E-state index contributed by atoms with van der Waals surface area (Å²) in [7, 11) is 0. The Bertz CT molecular complexity index is 343. The van der Waals surface area contributed by atoms with Gasteiger partial charge in [-0.25, -0.2) is 0 Å². The predicted octanol–water partition coefficient (Wildman–Crippen LogP) is 7.63. The van der Waals surface area contributed by atoms with Gasteiger partial charge in [0.05, 0.1) is 13.2 Å². The lowest BCUT2D eigenvalue weighted by Crippen LogP contribution is -2.42. The van der Waals surface area contributed by atoms with Crippen molar-refractivity contribution in [1.82, 2.24) is 0 Å². The SMILES string of the molecule is CCCC.CCCCCCCC(CCCCCCC)(C(=O)OCC)C(=O)OCC. The van der Waals surface area contributed by atoms with Gasteiger partial charge in [-0.3, -0.25) is 9.59 Å². The van der Waals surface area contributed by atoms with Crippen LogP contribution in [-0.4, -0.2) is 25.2 Å². The van der Waals surface area contributed by atoms with Crippen LogP contribution in [0.3, 0.4) is 0 Å². The fourth-order valence-corrected chi connectivity index (χ4v) is 3.22. The van der Waals surface area contributed by atoms with Gasteiger partial charge in [-0.1, -0.05) is 105 Å². The minimum absolute atomic E-state index is 0.297. The fraction of sp³-hybridized carbons (Fsp3) is 0.920. The maximum atomic E-state index is 12.7. The predicted molar refractivity (Wildman–Crippen MR) is 123 cm³/mol. The van der Waals surface area contributed by atoms with Gasteiger partial charge in [0.2, 0.25) is 0 Å². The van der Waals surface area contributed by atoms with E-state index in [0.717, 1.165) is 38.5 Å². The molecule has 4 heteroatoms. The summed E-state index contributed by atoms with van der Waals surface area (Å²) in [5.74, 6) is -0.779. The summed E-state index contributed by atoms with van der Waals surface area (Å²) in [5.41, 5.74) is -1.11. The Balaban J connectivity index is 0. The Morgan fingerprint density at radius 2 is 0.862 bits per heavy atom. The second kappa shape index (κ2) is 21.6. The van der Waals surface area contributed by atoms with Crippen molar-refractivity contribution in [2.75, 3.05) is 13.2 Å². The van der Waals surface area contributed by atoms with Crippen molar-refractivity contribution < 1.29 is 19.1 Å². The Morgan fingerprint density at radius 1 is 0.517 bits per heavy atom. The normalized spacial score (nSPS) is 10.8. The van der Waals surface area contributed by atoms with Gasteiger partial charge in [0.25, 0.3) is 0 Å². The van der Waals surface area contributed by atoms with E-state index in [9.17, 15) is 9.59 Å². The van der Waals surface area contributed by atoms with Crippen molar-refractivity contribution in [3.63, 3.8) is 0 Å². The first-order valence-electron chi connectivity index (χ1n) is 12.3. The van der Waals surface area contributed by atoms with Crippen LogP contribution < -0.4 is 0 Å². The Morgan fingerprint density at radius 3 is 1.14 bits per heavy atom. The second-order valence-corrected chi connectivity index (χ2v) is 7.85. The molecule has 0 aromatic carbocycles. The quantitative estimate of drug-likeness (QED) is 0.139.